The quantitative estimate of drug-likeness (QED) is 0.871. The molecule has 0 aromatic heterocycles. The second-order valence-electron chi connectivity index (χ2n) is 5.23. The lowest BCUT2D eigenvalue weighted by Crippen LogP contribution is -2.38. The van der Waals surface area contributed by atoms with Crippen molar-refractivity contribution in [2.24, 2.45) is 0 Å². The highest BCUT2D eigenvalue weighted by atomic mass is 16.3. The number of nitrogens with zero attached hydrogens (tertiary/aromatic N) is 1. The van der Waals surface area contributed by atoms with Crippen molar-refractivity contribution in [3.63, 3.8) is 0 Å². The lowest BCUT2D eigenvalue weighted by atomic mass is 9.83. The van der Waals surface area contributed by atoms with E-state index in [0.29, 0.717) is 0 Å². The van der Waals surface area contributed by atoms with Crippen molar-refractivity contribution >= 4 is 12.0 Å². The van der Waals surface area contributed by atoms with Crippen molar-refractivity contribution in [1.29, 1.82) is 0 Å². The first-order valence-corrected chi connectivity index (χ1v) is 6.95. The van der Waals surface area contributed by atoms with Gasteiger partial charge in [-0.2, -0.15) is 0 Å². The molecule has 1 N–H and O–H groups in total. The number of carbonyl (C=O) groups is 1. The lowest BCUT2D eigenvalue weighted by Gasteiger charge is -2.29. The minimum absolute atomic E-state index is 0.297. The third kappa shape index (κ3) is 2.48. The van der Waals surface area contributed by atoms with E-state index in [9.17, 15) is 9.90 Å². The molecule has 0 saturated carbocycles. The molecule has 3 nitrogen and oxygen atoms in total. The number of rotatable bonds is 1. The van der Waals surface area contributed by atoms with Gasteiger partial charge in [-0.25, -0.2) is 0 Å². The van der Waals surface area contributed by atoms with Crippen molar-refractivity contribution in [1.82, 2.24) is 4.90 Å². The van der Waals surface area contributed by atoms with Crippen LogP contribution < -0.4 is 0 Å². The monoisotopic (exact) mass is 279 g/mol. The van der Waals surface area contributed by atoms with Crippen LogP contribution in [0.25, 0.3) is 6.08 Å². The SMILES string of the molecule is CN1/C=C\c2ccccc2[C@H](c2ccccc2)[C@@H](O)C1=O. The van der Waals surface area contributed by atoms with Crippen LogP contribution >= 0.6 is 0 Å². The minimum atomic E-state index is -1.09. The van der Waals surface area contributed by atoms with Gasteiger partial charge in [0.05, 0.1) is 0 Å². The first-order valence-electron chi connectivity index (χ1n) is 6.95. The second-order valence-corrected chi connectivity index (χ2v) is 5.23. The van der Waals surface area contributed by atoms with Crippen LogP contribution in [0.3, 0.4) is 0 Å². The fourth-order valence-corrected chi connectivity index (χ4v) is 2.75. The van der Waals surface area contributed by atoms with Gasteiger partial charge in [-0.3, -0.25) is 4.79 Å². The Labute approximate surface area is 124 Å². The Balaban J connectivity index is 2.20. The predicted octanol–water partition coefficient (Wildman–Crippen LogP) is 2.62. The molecule has 0 spiro atoms. The van der Waals surface area contributed by atoms with Crippen molar-refractivity contribution in [3.05, 3.63) is 77.5 Å². The number of aliphatic hydroxyl groups excluding tert-OH is 1. The topological polar surface area (TPSA) is 40.5 Å². The van der Waals surface area contributed by atoms with E-state index >= 15 is 0 Å². The largest absolute Gasteiger partial charge is 0.382 e. The molecule has 0 fully saturated rings. The number of benzene rings is 2. The Hall–Kier alpha value is -2.39. The zero-order valence-corrected chi connectivity index (χ0v) is 11.8. The molecule has 3 rings (SSSR count). The molecule has 0 unspecified atom stereocenters. The summed E-state index contributed by atoms with van der Waals surface area (Å²) < 4.78 is 0. The zero-order valence-electron chi connectivity index (χ0n) is 11.8. The normalized spacial score (nSPS) is 23.1. The fraction of sp³-hybridized carbons (Fsp3) is 0.167. The summed E-state index contributed by atoms with van der Waals surface area (Å²) in [6.07, 6.45) is 2.52. The van der Waals surface area contributed by atoms with Gasteiger partial charge in [-0.15, -0.1) is 0 Å². The highest BCUT2D eigenvalue weighted by Gasteiger charge is 2.32. The summed E-state index contributed by atoms with van der Waals surface area (Å²) in [7, 11) is 1.66. The summed E-state index contributed by atoms with van der Waals surface area (Å²) in [6.45, 7) is 0. The maximum atomic E-state index is 12.3. The summed E-state index contributed by atoms with van der Waals surface area (Å²) in [4.78, 5) is 13.8. The molecule has 1 aliphatic rings. The third-order valence-corrected chi connectivity index (χ3v) is 3.88. The fourth-order valence-electron chi connectivity index (χ4n) is 2.75. The summed E-state index contributed by atoms with van der Waals surface area (Å²) in [5, 5.41) is 10.6. The highest BCUT2D eigenvalue weighted by molar-refractivity contribution is 5.85. The van der Waals surface area contributed by atoms with Gasteiger partial charge in [-0.1, -0.05) is 54.6 Å². The maximum absolute atomic E-state index is 12.3. The summed E-state index contributed by atoms with van der Waals surface area (Å²) in [5.41, 5.74) is 2.92. The molecule has 0 aliphatic carbocycles. The van der Waals surface area contributed by atoms with E-state index in [4.69, 9.17) is 0 Å². The van der Waals surface area contributed by atoms with Crippen molar-refractivity contribution < 1.29 is 9.90 Å². The van der Waals surface area contributed by atoms with E-state index < -0.39 is 6.10 Å². The molecule has 106 valence electrons. The van der Waals surface area contributed by atoms with E-state index in [0.717, 1.165) is 16.7 Å². The Morgan fingerprint density at radius 2 is 1.67 bits per heavy atom. The molecule has 1 aliphatic heterocycles. The Kier molecular flexibility index (Phi) is 3.59. The van der Waals surface area contributed by atoms with Crippen molar-refractivity contribution in [2.45, 2.75) is 12.0 Å². The van der Waals surface area contributed by atoms with Crippen LogP contribution in [-0.2, 0) is 4.79 Å². The van der Waals surface area contributed by atoms with Gasteiger partial charge in [0.1, 0.15) is 6.10 Å². The summed E-state index contributed by atoms with van der Waals surface area (Å²) >= 11 is 0. The second kappa shape index (κ2) is 5.54. The molecule has 2 aromatic rings. The summed E-state index contributed by atoms with van der Waals surface area (Å²) in [5.74, 6) is -0.656. The van der Waals surface area contributed by atoms with Crippen LogP contribution in [0.2, 0.25) is 0 Å². The van der Waals surface area contributed by atoms with Gasteiger partial charge in [-0.05, 0) is 22.8 Å². The number of aliphatic hydroxyl groups is 1. The smallest absolute Gasteiger partial charge is 0.256 e. The Morgan fingerprint density at radius 3 is 2.43 bits per heavy atom. The molecule has 2 atom stereocenters. The van der Waals surface area contributed by atoms with Crippen LogP contribution in [0.4, 0.5) is 0 Å². The summed E-state index contributed by atoms with van der Waals surface area (Å²) in [6, 6.07) is 17.5. The lowest BCUT2D eigenvalue weighted by molar-refractivity contribution is -0.137. The van der Waals surface area contributed by atoms with Gasteiger partial charge in [0.2, 0.25) is 0 Å². The molecule has 3 heteroatoms. The van der Waals surface area contributed by atoms with E-state index in [2.05, 4.69) is 0 Å². The zero-order chi connectivity index (χ0) is 14.8. The van der Waals surface area contributed by atoms with Crippen LogP contribution in [-0.4, -0.2) is 29.1 Å². The molecule has 2 aromatic carbocycles. The van der Waals surface area contributed by atoms with Crippen LogP contribution in [0.5, 0.6) is 0 Å². The average molecular weight is 279 g/mol. The van der Waals surface area contributed by atoms with Crippen LogP contribution in [0, 0.1) is 0 Å². The molecule has 0 radical (unpaired) electrons. The number of fused-ring (bicyclic) bond motifs is 1. The average Bonchev–Trinajstić information content (AvgIpc) is 2.53. The molecular formula is C18H17NO2. The van der Waals surface area contributed by atoms with Crippen molar-refractivity contribution in [3.8, 4) is 0 Å². The van der Waals surface area contributed by atoms with E-state index in [1.54, 1.807) is 13.2 Å². The van der Waals surface area contributed by atoms with Crippen molar-refractivity contribution in [2.75, 3.05) is 7.05 Å². The number of hydrogen-bond acceptors (Lipinski definition) is 2. The first-order chi connectivity index (χ1) is 10.2. The Bertz CT molecular complexity index is 679. The van der Waals surface area contributed by atoms with E-state index in [-0.39, 0.29) is 11.8 Å². The minimum Gasteiger partial charge on any atom is -0.382 e. The molecule has 1 heterocycles. The van der Waals surface area contributed by atoms with E-state index in [1.165, 1.54) is 4.90 Å². The van der Waals surface area contributed by atoms with Gasteiger partial charge >= 0.3 is 0 Å². The van der Waals surface area contributed by atoms with Gasteiger partial charge in [0.15, 0.2) is 0 Å². The number of carbonyl (C=O) groups excluding carboxylic acids is 1. The van der Waals surface area contributed by atoms with Crippen LogP contribution in [0.1, 0.15) is 22.6 Å². The van der Waals surface area contributed by atoms with Gasteiger partial charge in [0, 0.05) is 19.2 Å². The highest BCUT2D eigenvalue weighted by Crippen LogP contribution is 2.33. The first kappa shape index (κ1) is 13.6. The number of likely N-dealkylation sites (N-methyl/N-ethyl adjacent to an activating group) is 1. The van der Waals surface area contributed by atoms with Gasteiger partial charge in [0.25, 0.3) is 5.91 Å². The standard InChI is InChI=1S/C18H17NO2/c1-19-12-11-13-7-5-6-10-15(13)16(17(20)18(19)21)14-8-3-2-4-9-14/h2-12,16-17,20H,1H3/b12-11-/t16-,17+/m0/s1. The van der Waals surface area contributed by atoms with E-state index in [1.807, 2.05) is 60.7 Å². The molecule has 0 bridgehead atoms. The predicted molar refractivity (Wildman–Crippen MR) is 82.5 cm³/mol. The van der Waals surface area contributed by atoms with Crippen LogP contribution in [0.15, 0.2) is 60.8 Å². The molecule has 0 saturated heterocycles. The van der Waals surface area contributed by atoms with Gasteiger partial charge < -0.3 is 10.0 Å². The molecule has 21 heavy (non-hydrogen) atoms. The Morgan fingerprint density at radius 1 is 1.00 bits per heavy atom. The number of hydrogen-bond donors (Lipinski definition) is 1. The molecule has 1 amide bonds. The maximum Gasteiger partial charge on any atom is 0.256 e. The third-order valence-electron chi connectivity index (χ3n) is 3.88. The molecular weight excluding hydrogens is 262 g/mol. The number of amides is 1.